The van der Waals surface area contributed by atoms with Crippen LogP contribution < -0.4 is 10.1 Å². The number of benzene rings is 1. The topological polar surface area (TPSA) is 75.3 Å². The van der Waals surface area contributed by atoms with E-state index in [1.807, 2.05) is 37.3 Å². The minimum absolute atomic E-state index is 0.599. The molecule has 0 radical (unpaired) electrons. The first-order valence-electron chi connectivity index (χ1n) is 8.90. The maximum atomic E-state index is 6.04. The van der Waals surface area contributed by atoms with E-state index >= 15 is 0 Å². The Balaban J connectivity index is 1.51. The highest BCUT2D eigenvalue weighted by molar-refractivity contribution is 5.89. The van der Waals surface area contributed by atoms with Gasteiger partial charge in [0.15, 0.2) is 5.82 Å². The Hall–Kier alpha value is -2.64. The zero-order chi connectivity index (χ0) is 17.8. The number of rotatable bonds is 6. The van der Waals surface area contributed by atoms with E-state index in [4.69, 9.17) is 9.47 Å². The van der Waals surface area contributed by atoms with Gasteiger partial charge in [0.25, 0.3) is 0 Å². The summed E-state index contributed by atoms with van der Waals surface area (Å²) in [5.74, 6) is 2.10. The third kappa shape index (κ3) is 3.95. The van der Waals surface area contributed by atoms with Crippen molar-refractivity contribution >= 4 is 22.4 Å². The minimum atomic E-state index is 0.599. The van der Waals surface area contributed by atoms with Gasteiger partial charge in [0, 0.05) is 36.8 Å². The lowest BCUT2D eigenvalue weighted by Crippen LogP contribution is -2.38. The Morgan fingerprint density at radius 3 is 2.85 bits per heavy atom. The van der Waals surface area contributed by atoms with Gasteiger partial charge in [-0.1, -0.05) is 18.2 Å². The van der Waals surface area contributed by atoms with Crippen molar-refractivity contribution in [1.29, 1.82) is 0 Å². The molecule has 136 valence electrons. The summed E-state index contributed by atoms with van der Waals surface area (Å²) in [6.45, 7) is 6.94. The van der Waals surface area contributed by atoms with Crippen LogP contribution in [-0.4, -0.2) is 59.5 Å². The summed E-state index contributed by atoms with van der Waals surface area (Å²) in [4.78, 5) is 7.01. The number of morpholine rings is 1. The fraction of sp³-hybridized carbons (Fsp3) is 0.368. The molecule has 0 amide bonds. The molecule has 1 fully saturated rings. The van der Waals surface area contributed by atoms with Crippen molar-refractivity contribution in [3.63, 3.8) is 0 Å². The molecule has 0 unspecified atom stereocenters. The van der Waals surface area contributed by atoms with Crippen LogP contribution in [0, 0.1) is 6.92 Å². The lowest BCUT2D eigenvalue weighted by Gasteiger charge is -2.26. The first kappa shape index (κ1) is 16.8. The van der Waals surface area contributed by atoms with E-state index in [1.165, 1.54) is 0 Å². The van der Waals surface area contributed by atoms with Crippen LogP contribution in [0.15, 0.2) is 36.4 Å². The molecule has 26 heavy (non-hydrogen) atoms. The van der Waals surface area contributed by atoms with Crippen molar-refractivity contribution in [2.24, 2.45) is 0 Å². The van der Waals surface area contributed by atoms with E-state index in [2.05, 4.69) is 31.5 Å². The number of hydrogen-bond donors (Lipinski definition) is 2. The van der Waals surface area contributed by atoms with Gasteiger partial charge in [-0.2, -0.15) is 10.1 Å². The van der Waals surface area contributed by atoms with Gasteiger partial charge in [0.2, 0.25) is 5.88 Å². The number of pyridine rings is 1. The predicted molar refractivity (Wildman–Crippen MR) is 101 cm³/mol. The molecule has 1 saturated heterocycles. The Labute approximate surface area is 152 Å². The first-order valence-corrected chi connectivity index (χ1v) is 8.90. The number of hydrogen-bond acceptors (Lipinski definition) is 6. The monoisotopic (exact) mass is 353 g/mol. The Bertz CT molecular complexity index is 873. The van der Waals surface area contributed by atoms with Crippen molar-refractivity contribution < 1.29 is 9.47 Å². The minimum Gasteiger partial charge on any atom is -0.476 e. The number of anilines is 2. The van der Waals surface area contributed by atoms with Crippen LogP contribution in [0.1, 0.15) is 5.69 Å². The van der Waals surface area contributed by atoms with Gasteiger partial charge in [-0.05, 0) is 24.4 Å². The summed E-state index contributed by atoms with van der Waals surface area (Å²) in [6.07, 6.45) is 0. The van der Waals surface area contributed by atoms with Gasteiger partial charge < -0.3 is 14.8 Å². The maximum Gasteiger partial charge on any atom is 0.223 e. The highest BCUT2D eigenvalue weighted by atomic mass is 16.5. The normalized spacial score (nSPS) is 15.3. The molecule has 4 rings (SSSR count). The van der Waals surface area contributed by atoms with Crippen LogP contribution >= 0.6 is 0 Å². The molecule has 7 nitrogen and oxygen atoms in total. The van der Waals surface area contributed by atoms with Crippen LogP contribution in [0.5, 0.6) is 5.88 Å². The second-order valence-corrected chi connectivity index (χ2v) is 6.40. The number of fused-ring (bicyclic) bond motifs is 1. The van der Waals surface area contributed by atoms with Crippen molar-refractivity contribution in [2.75, 3.05) is 44.8 Å². The highest BCUT2D eigenvalue weighted by Crippen LogP contribution is 2.27. The summed E-state index contributed by atoms with van der Waals surface area (Å²) in [5.41, 5.74) is 0.996. The van der Waals surface area contributed by atoms with Crippen LogP contribution in [0.25, 0.3) is 10.8 Å². The molecular weight excluding hydrogens is 330 g/mol. The largest absolute Gasteiger partial charge is 0.476 e. The zero-order valence-electron chi connectivity index (χ0n) is 14.9. The molecule has 2 N–H and O–H groups in total. The zero-order valence-corrected chi connectivity index (χ0v) is 14.9. The number of ether oxygens (including phenoxy) is 2. The second kappa shape index (κ2) is 7.72. The standard InChI is InChI=1S/C19H23N5O2/c1-14-12-18(23-22-14)20-17-13-15-4-2-3-5-16(15)19(21-17)26-11-8-24-6-9-25-10-7-24/h2-5,12-13H,6-11H2,1H3,(H2,20,21,22,23). The molecule has 0 spiro atoms. The number of nitrogens with one attached hydrogen (secondary N) is 2. The molecule has 3 heterocycles. The predicted octanol–water partition coefficient (Wildman–Crippen LogP) is 2.72. The van der Waals surface area contributed by atoms with E-state index in [1.54, 1.807) is 0 Å². The van der Waals surface area contributed by atoms with Crippen LogP contribution in [0.3, 0.4) is 0 Å². The summed E-state index contributed by atoms with van der Waals surface area (Å²) in [6, 6.07) is 12.1. The van der Waals surface area contributed by atoms with Crippen LogP contribution in [0.2, 0.25) is 0 Å². The lowest BCUT2D eigenvalue weighted by atomic mass is 10.1. The van der Waals surface area contributed by atoms with E-state index in [0.717, 1.165) is 61.0 Å². The van der Waals surface area contributed by atoms with Crippen LogP contribution in [-0.2, 0) is 4.74 Å². The number of aromatic amines is 1. The SMILES string of the molecule is Cc1cc(Nc2cc3ccccc3c(OCCN3CCOCC3)n2)n[nH]1. The smallest absolute Gasteiger partial charge is 0.223 e. The van der Waals surface area contributed by atoms with Crippen molar-refractivity contribution in [2.45, 2.75) is 6.92 Å². The third-order valence-corrected chi connectivity index (χ3v) is 4.42. The Morgan fingerprint density at radius 2 is 2.04 bits per heavy atom. The molecule has 1 aliphatic heterocycles. The molecule has 7 heteroatoms. The number of aromatic nitrogens is 3. The molecule has 2 aromatic heterocycles. The van der Waals surface area contributed by atoms with E-state index in [0.29, 0.717) is 12.5 Å². The van der Waals surface area contributed by atoms with E-state index in [9.17, 15) is 0 Å². The summed E-state index contributed by atoms with van der Waals surface area (Å²) in [5, 5.41) is 12.5. The highest BCUT2D eigenvalue weighted by Gasteiger charge is 2.12. The molecule has 3 aromatic rings. The van der Waals surface area contributed by atoms with Gasteiger partial charge in [-0.25, -0.2) is 0 Å². The molecule has 1 aliphatic rings. The van der Waals surface area contributed by atoms with Crippen molar-refractivity contribution in [3.05, 3.63) is 42.1 Å². The maximum absolute atomic E-state index is 6.04. The van der Waals surface area contributed by atoms with Gasteiger partial charge in [-0.3, -0.25) is 10.00 Å². The quantitative estimate of drug-likeness (QED) is 0.710. The molecule has 0 atom stereocenters. The summed E-state index contributed by atoms with van der Waals surface area (Å²) < 4.78 is 11.4. The van der Waals surface area contributed by atoms with Crippen LogP contribution in [0.4, 0.5) is 11.6 Å². The summed E-state index contributed by atoms with van der Waals surface area (Å²) >= 11 is 0. The molecular formula is C19H23N5O2. The van der Waals surface area contributed by atoms with Crippen molar-refractivity contribution in [3.8, 4) is 5.88 Å². The fourth-order valence-corrected chi connectivity index (χ4v) is 3.05. The number of aryl methyl sites for hydroxylation is 1. The van der Waals surface area contributed by atoms with Gasteiger partial charge in [0.05, 0.1) is 13.2 Å². The summed E-state index contributed by atoms with van der Waals surface area (Å²) in [7, 11) is 0. The van der Waals surface area contributed by atoms with E-state index < -0.39 is 0 Å². The van der Waals surface area contributed by atoms with Gasteiger partial charge in [0.1, 0.15) is 12.4 Å². The fourth-order valence-electron chi connectivity index (χ4n) is 3.05. The van der Waals surface area contributed by atoms with Crippen molar-refractivity contribution in [1.82, 2.24) is 20.1 Å². The van der Waals surface area contributed by atoms with E-state index in [-0.39, 0.29) is 0 Å². The number of H-pyrrole nitrogens is 1. The average Bonchev–Trinajstić information content (AvgIpc) is 3.07. The molecule has 0 aliphatic carbocycles. The Kier molecular flexibility index (Phi) is 4.99. The average molecular weight is 353 g/mol. The number of nitrogens with zero attached hydrogens (tertiary/aromatic N) is 3. The second-order valence-electron chi connectivity index (χ2n) is 6.40. The molecule has 0 saturated carbocycles. The third-order valence-electron chi connectivity index (χ3n) is 4.42. The first-order chi connectivity index (χ1) is 12.8. The van der Waals surface area contributed by atoms with Gasteiger partial charge >= 0.3 is 0 Å². The Morgan fingerprint density at radius 1 is 1.19 bits per heavy atom. The van der Waals surface area contributed by atoms with Gasteiger partial charge in [-0.15, -0.1) is 0 Å². The molecule has 1 aromatic carbocycles. The lowest BCUT2D eigenvalue weighted by molar-refractivity contribution is 0.0321. The molecule has 0 bridgehead atoms.